The topological polar surface area (TPSA) is 78.9 Å². The zero-order valence-electron chi connectivity index (χ0n) is 17.7. The molecule has 1 aliphatic carbocycles. The van der Waals surface area contributed by atoms with Gasteiger partial charge in [-0.25, -0.2) is 0 Å². The first kappa shape index (κ1) is 23.4. The SMILES string of the molecule is CC(C)COC(=O)C1CCCC(C(=O)OCC(C)C)C1C(=O)OCC(C)C. The van der Waals surface area contributed by atoms with E-state index < -0.39 is 35.7 Å². The summed E-state index contributed by atoms with van der Waals surface area (Å²) >= 11 is 0. The van der Waals surface area contributed by atoms with Gasteiger partial charge in [0.25, 0.3) is 0 Å². The molecule has 27 heavy (non-hydrogen) atoms. The van der Waals surface area contributed by atoms with Crippen LogP contribution in [-0.2, 0) is 28.6 Å². The fourth-order valence-corrected chi connectivity index (χ4v) is 3.11. The molecule has 0 amide bonds. The first-order valence-electron chi connectivity index (χ1n) is 10.1. The summed E-state index contributed by atoms with van der Waals surface area (Å²) in [6, 6.07) is 0. The van der Waals surface area contributed by atoms with Crippen LogP contribution < -0.4 is 0 Å². The van der Waals surface area contributed by atoms with Crippen LogP contribution in [0.15, 0.2) is 0 Å². The van der Waals surface area contributed by atoms with Crippen LogP contribution in [0.25, 0.3) is 0 Å². The highest BCUT2D eigenvalue weighted by Crippen LogP contribution is 2.38. The predicted molar refractivity (Wildman–Crippen MR) is 102 cm³/mol. The molecule has 0 aliphatic heterocycles. The third-order valence-corrected chi connectivity index (χ3v) is 4.45. The minimum absolute atomic E-state index is 0.176. The number of rotatable bonds is 9. The minimum atomic E-state index is -0.836. The maximum Gasteiger partial charge on any atom is 0.310 e. The summed E-state index contributed by atoms with van der Waals surface area (Å²) in [6.07, 6.45) is 1.72. The molecule has 0 aromatic heterocycles. The Balaban J connectivity index is 2.96. The zero-order chi connectivity index (χ0) is 20.6. The van der Waals surface area contributed by atoms with Crippen LogP contribution in [0.2, 0.25) is 0 Å². The lowest BCUT2D eigenvalue weighted by atomic mass is 9.71. The van der Waals surface area contributed by atoms with E-state index in [9.17, 15) is 14.4 Å². The summed E-state index contributed by atoms with van der Waals surface area (Å²) in [5.41, 5.74) is 0. The standard InChI is InChI=1S/C21H36O6/c1-13(2)10-25-19(22)16-8-7-9-17(20(23)26-11-14(3)4)18(16)21(24)27-12-15(5)6/h13-18H,7-12H2,1-6H3. The van der Waals surface area contributed by atoms with E-state index in [0.717, 1.165) is 0 Å². The summed E-state index contributed by atoms with van der Waals surface area (Å²) in [4.78, 5) is 38.0. The van der Waals surface area contributed by atoms with Crippen molar-refractivity contribution in [2.45, 2.75) is 60.8 Å². The fourth-order valence-electron chi connectivity index (χ4n) is 3.11. The molecular formula is C21H36O6. The highest BCUT2D eigenvalue weighted by Gasteiger charge is 2.47. The van der Waals surface area contributed by atoms with E-state index in [4.69, 9.17) is 14.2 Å². The van der Waals surface area contributed by atoms with Crippen molar-refractivity contribution >= 4 is 17.9 Å². The van der Waals surface area contributed by atoms with Crippen molar-refractivity contribution in [3.05, 3.63) is 0 Å². The maximum absolute atomic E-state index is 12.8. The van der Waals surface area contributed by atoms with Gasteiger partial charge in [0.2, 0.25) is 0 Å². The molecule has 156 valence electrons. The van der Waals surface area contributed by atoms with Crippen LogP contribution in [0.3, 0.4) is 0 Å². The molecule has 0 aromatic rings. The van der Waals surface area contributed by atoms with Gasteiger partial charge in [-0.05, 0) is 30.6 Å². The van der Waals surface area contributed by atoms with Crippen molar-refractivity contribution in [3.63, 3.8) is 0 Å². The van der Waals surface area contributed by atoms with E-state index in [1.54, 1.807) is 0 Å². The van der Waals surface area contributed by atoms with Gasteiger partial charge in [-0.3, -0.25) is 14.4 Å². The Morgan fingerprint density at radius 3 is 1.33 bits per heavy atom. The first-order valence-corrected chi connectivity index (χ1v) is 10.1. The van der Waals surface area contributed by atoms with Crippen LogP contribution >= 0.6 is 0 Å². The van der Waals surface area contributed by atoms with Crippen LogP contribution in [0.5, 0.6) is 0 Å². The summed E-state index contributed by atoms with van der Waals surface area (Å²) in [6.45, 7) is 12.5. The van der Waals surface area contributed by atoms with Crippen molar-refractivity contribution in [2.24, 2.45) is 35.5 Å². The molecule has 1 rings (SSSR count). The largest absolute Gasteiger partial charge is 0.465 e. The van der Waals surface area contributed by atoms with Gasteiger partial charge < -0.3 is 14.2 Å². The fraction of sp³-hybridized carbons (Fsp3) is 0.857. The second kappa shape index (κ2) is 11.3. The van der Waals surface area contributed by atoms with Crippen LogP contribution in [0.1, 0.15) is 60.8 Å². The number of carbonyl (C=O) groups excluding carboxylic acids is 3. The lowest BCUT2D eigenvalue weighted by molar-refractivity contribution is -0.173. The summed E-state index contributed by atoms with van der Waals surface area (Å²) in [5.74, 6) is -2.91. The van der Waals surface area contributed by atoms with Gasteiger partial charge >= 0.3 is 17.9 Å². The molecule has 6 nitrogen and oxygen atoms in total. The number of carbonyl (C=O) groups is 3. The third kappa shape index (κ3) is 7.89. The van der Waals surface area contributed by atoms with E-state index >= 15 is 0 Å². The van der Waals surface area contributed by atoms with Crippen molar-refractivity contribution in [1.82, 2.24) is 0 Å². The second-order valence-corrected chi connectivity index (χ2v) is 8.74. The highest BCUT2D eigenvalue weighted by atomic mass is 16.5. The second-order valence-electron chi connectivity index (χ2n) is 8.74. The van der Waals surface area contributed by atoms with Gasteiger partial charge in [-0.1, -0.05) is 48.0 Å². The lowest BCUT2D eigenvalue weighted by Gasteiger charge is -2.34. The normalized spacial score (nSPS) is 22.8. The summed E-state index contributed by atoms with van der Waals surface area (Å²) in [5, 5.41) is 0. The zero-order valence-corrected chi connectivity index (χ0v) is 17.7. The number of esters is 3. The molecule has 1 fully saturated rings. The Kier molecular flexibility index (Phi) is 9.81. The van der Waals surface area contributed by atoms with Gasteiger partial charge in [0.05, 0.1) is 37.6 Å². The van der Waals surface area contributed by atoms with E-state index in [0.29, 0.717) is 32.5 Å². The van der Waals surface area contributed by atoms with Crippen molar-refractivity contribution < 1.29 is 28.6 Å². The molecule has 0 bridgehead atoms. The van der Waals surface area contributed by atoms with Crippen molar-refractivity contribution in [3.8, 4) is 0 Å². The first-order chi connectivity index (χ1) is 12.6. The van der Waals surface area contributed by atoms with E-state index in [-0.39, 0.29) is 24.4 Å². The summed E-state index contributed by atoms with van der Waals surface area (Å²) < 4.78 is 16.2. The van der Waals surface area contributed by atoms with Gasteiger partial charge in [0.1, 0.15) is 0 Å². The number of hydrogen-bond acceptors (Lipinski definition) is 6. The third-order valence-electron chi connectivity index (χ3n) is 4.45. The molecule has 1 saturated carbocycles. The molecule has 2 unspecified atom stereocenters. The molecule has 0 radical (unpaired) electrons. The van der Waals surface area contributed by atoms with Crippen molar-refractivity contribution in [1.29, 1.82) is 0 Å². The average molecular weight is 385 g/mol. The molecule has 0 spiro atoms. The molecule has 0 aromatic carbocycles. The molecule has 6 heteroatoms. The van der Waals surface area contributed by atoms with Gasteiger partial charge in [0.15, 0.2) is 0 Å². The minimum Gasteiger partial charge on any atom is -0.465 e. The van der Waals surface area contributed by atoms with Crippen LogP contribution in [-0.4, -0.2) is 37.7 Å². The molecule has 0 saturated heterocycles. The number of hydrogen-bond donors (Lipinski definition) is 0. The van der Waals surface area contributed by atoms with Crippen molar-refractivity contribution in [2.75, 3.05) is 19.8 Å². The quantitative estimate of drug-likeness (QED) is 0.446. The Morgan fingerprint density at radius 2 is 1.00 bits per heavy atom. The van der Waals surface area contributed by atoms with Gasteiger partial charge in [-0.2, -0.15) is 0 Å². The Hall–Kier alpha value is -1.59. The molecule has 0 N–H and O–H groups in total. The maximum atomic E-state index is 12.8. The Labute approximate surface area is 163 Å². The van der Waals surface area contributed by atoms with Crippen LogP contribution in [0.4, 0.5) is 0 Å². The molecular weight excluding hydrogens is 348 g/mol. The predicted octanol–water partition coefficient (Wildman–Crippen LogP) is 3.62. The van der Waals surface area contributed by atoms with Gasteiger partial charge in [0, 0.05) is 0 Å². The van der Waals surface area contributed by atoms with Gasteiger partial charge in [-0.15, -0.1) is 0 Å². The monoisotopic (exact) mass is 384 g/mol. The molecule has 1 aliphatic rings. The Morgan fingerprint density at radius 1 is 0.667 bits per heavy atom. The average Bonchev–Trinajstić information content (AvgIpc) is 2.61. The molecule has 0 heterocycles. The summed E-state index contributed by atoms with van der Waals surface area (Å²) in [7, 11) is 0. The smallest absolute Gasteiger partial charge is 0.310 e. The van der Waals surface area contributed by atoms with E-state index in [2.05, 4.69) is 0 Å². The van der Waals surface area contributed by atoms with E-state index in [1.165, 1.54) is 0 Å². The Bertz CT molecular complexity index is 465. The highest BCUT2D eigenvalue weighted by molar-refractivity contribution is 5.87. The number of ether oxygens (including phenoxy) is 3. The van der Waals surface area contributed by atoms with Crippen LogP contribution in [0, 0.1) is 35.5 Å². The molecule has 2 atom stereocenters. The van der Waals surface area contributed by atoms with E-state index in [1.807, 2.05) is 41.5 Å². The lowest BCUT2D eigenvalue weighted by Crippen LogP contribution is -2.44.